The van der Waals surface area contributed by atoms with Crippen LogP contribution in [-0.2, 0) is 11.3 Å². The Kier molecular flexibility index (Phi) is 6.96. The van der Waals surface area contributed by atoms with Crippen LogP contribution in [-0.4, -0.2) is 83.6 Å². The number of hydrogen-bond donors (Lipinski definition) is 2. The molecule has 1 saturated heterocycles. The number of rotatable bonds is 5. The first-order valence-corrected chi connectivity index (χ1v) is 13.8. The Hall–Kier alpha value is -4.64. The zero-order chi connectivity index (χ0) is 28.7. The van der Waals surface area contributed by atoms with Gasteiger partial charge in [0.15, 0.2) is 0 Å². The van der Waals surface area contributed by atoms with Gasteiger partial charge in [-0.25, -0.2) is 9.78 Å². The SMILES string of the molecule is C=CC(=O)N1CC[C@@H](N2Cc3cnc(Nc4ccc(N5CCN(C)CC5)cc4)nc3N(C)C2=O)c2cccc(O)c21. The molecule has 0 bridgehead atoms. The Morgan fingerprint density at radius 1 is 1.07 bits per heavy atom. The molecule has 0 unspecified atom stereocenters. The van der Waals surface area contributed by atoms with Gasteiger partial charge >= 0.3 is 6.03 Å². The first kappa shape index (κ1) is 26.6. The van der Waals surface area contributed by atoms with Crippen LogP contribution in [0.2, 0.25) is 0 Å². The Bertz CT molecular complexity index is 1490. The fourth-order valence-electron chi connectivity index (χ4n) is 5.87. The van der Waals surface area contributed by atoms with Gasteiger partial charge in [-0.05, 0) is 49.9 Å². The summed E-state index contributed by atoms with van der Waals surface area (Å²) in [5.74, 6) is 0.668. The molecule has 3 aromatic rings. The topological polar surface area (TPSA) is 108 Å². The van der Waals surface area contributed by atoms with Crippen molar-refractivity contribution in [2.45, 2.75) is 19.0 Å². The van der Waals surface area contributed by atoms with E-state index in [1.165, 1.54) is 21.6 Å². The van der Waals surface area contributed by atoms with E-state index in [0.717, 1.165) is 43.0 Å². The molecule has 11 heteroatoms. The molecule has 3 aliphatic heterocycles. The van der Waals surface area contributed by atoms with Gasteiger partial charge in [0.25, 0.3) is 0 Å². The maximum atomic E-state index is 13.6. The lowest BCUT2D eigenvalue weighted by Gasteiger charge is -2.43. The van der Waals surface area contributed by atoms with Crippen LogP contribution in [0.25, 0.3) is 0 Å². The van der Waals surface area contributed by atoms with Crippen molar-refractivity contribution in [3.63, 3.8) is 0 Å². The highest BCUT2D eigenvalue weighted by atomic mass is 16.3. The van der Waals surface area contributed by atoms with Crippen LogP contribution in [0.5, 0.6) is 5.75 Å². The summed E-state index contributed by atoms with van der Waals surface area (Å²) in [5.41, 5.74) is 4.01. The average molecular weight is 555 g/mol. The van der Waals surface area contributed by atoms with Gasteiger partial charge in [-0.15, -0.1) is 0 Å². The number of urea groups is 1. The van der Waals surface area contributed by atoms with Crippen molar-refractivity contribution in [1.29, 1.82) is 0 Å². The monoisotopic (exact) mass is 554 g/mol. The molecular weight excluding hydrogens is 520 g/mol. The van der Waals surface area contributed by atoms with Gasteiger partial charge in [-0.3, -0.25) is 9.69 Å². The molecule has 4 heterocycles. The summed E-state index contributed by atoms with van der Waals surface area (Å²) in [6.07, 6.45) is 3.51. The number of nitrogens with one attached hydrogen (secondary N) is 1. The number of carbonyl (C=O) groups is 2. The summed E-state index contributed by atoms with van der Waals surface area (Å²) in [5, 5.41) is 13.9. The zero-order valence-electron chi connectivity index (χ0n) is 23.3. The second-order valence-electron chi connectivity index (χ2n) is 10.7. The number of phenols is 1. The van der Waals surface area contributed by atoms with Crippen molar-refractivity contribution in [3.05, 3.63) is 72.4 Å². The van der Waals surface area contributed by atoms with Gasteiger partial charge in [0, 0.05) is 68.5 Å². The van der Waals surface area contributed by atoms with Crippen LogP contribution in [0.1, 0.15) is 23.6 Å². The number of para-hydroxylation sites is 1. The number of carbonyl (C=O) groups excluding carboxylic acids is 2. The van der Waals surface area contributed by atoms with Gasteiger partial charge in [0.2, 0.25) is 11.9 Å². The van der Waals surface area contributed by atoms with Crippen LogP contribution in [0.15, 0.2) is 61.3 Å². The molecule has 212 valence electrons. The van der Waals surface area contributed by atoms with E-state index in [2.05, 4.69) is 50.8 Å². The minimum atomic E-state index is -0.328. The van der Waals surface area contributed by atoms with Gasteiger partial charge in [-0.1, -0.05) is 18.7 Å². The van der Waals surface area contributed by atoms with E-state index in [1.807, 2.05) is 18.2 Å². The van der Waals surface area contributed by atoms with Gasteiger partial charge in [-0.2, -0.15) is 4.98 Å². The second-order valence-corrected chi connectivity index (χ2v) is 10.7. The van der Waals surface area contributed by atoms with E-state index < -0.39 is 0 Å². The molecule has 0 saturated carbocycles. The van der Waals surface area contributed by atoms with Gasteiger partial charge < -0.3 is 30.0 Å². The molecule has 3 amide bonds. The van der Waals surface area contributed by atoms with Crippen molar-refractivity contribution < 1.29 is 14.7 Å². The molecule has 0 aliphatic carbocycles. The molecule has 11 nitrogen and oxygen atoms in total. The van der Waals surface area contributed by atoms with Gasteiger partial charge in [0.1, 0.15) is 11.6 Å². The zero-order valence-corrected chi connectivity index (χ0v) is 23.3. The van der Waals surface area contributed by atoms with Crippen molar-refractivity contribution in [2.24, 2.45) is 0 Å². The highest BCUT2D eigenvalue weighted by molar-refractivity contribution is 6.03. The third-order valence-corrected chi connectivity index (χ3v) is 8.14. The van der Waals surface area contributed by atoms with E-state index in [4.69, 9.17) is 0 Å². The molecule has 41 heavy (non-hydrogen) atoms. The summed E-state index contributed by atoms with van der Waals surface area (Å²) < 4.78 is 0. The first-order valence-electron chi connectivity index (χ1n) is 13.8. The third-order valence-electron chi connectivity index (χ3n) is 8.14. The number of amides is 3. The minimum Gasteiger partial charge on any atom is -0.506 e. The lowest BCUT2D eigenvalue weighted by atomic mass is 9.93. The maximum Gasteiger partial charge on any atom is 0.326 e. The number of benzene rings is 2. The normalized spacial score (nSPS) is 19.1. The van der Waals surface area contributed by atoms with Crippen LogP contribution >= 0.6 is 0 Å². The fourth-order valence-corrected chi connectivity index (χ4v) is 5.87. The molecule has 2 N–H and O–H groups in total. The number of hydrogen-bond acceptors (Lipinski definition) is 8. The molecule has 0 radical (unpaired) electrons. The van der Waals surface area contributed by atoms with Gasteiger partial charge in [0.05, 0.1) is 18.3 Å². The molecule has 1 fully saturated rings. The molecule has 6 rings (SSSR count). The van der Waals surface area contributed by atoms with Crippen LogP contribution in [0, 0.1) is 0 Å². The summed E-state index contributed by atoms with van der Waals surface area (Å²) in [6, 6.07) is 12.8. The Morgan fingerprint density at radius 2 is 1.83 bits per heavy atom. The fraction of sp³-hybridized carbons (Fsp3) is 0.333. The van der Waals surface area contributed by atoms with E-state index >= 15 is 0 Å². The number of piperazine rings is 1. The van der Waals surface area contributed by atoms with E-state index in [1.54, 1.807) is 30.3 Å². The lowest BCUT2D eigenvalue weighted by molar-refractivity contribution is -0.114. The number of aromatic hydroxyl groups is 1. The van der Waals surface area contributed by atoms with Crippen molar-refractivity contribution >= 4 is 40.8 Å². The summed E-state index contributed by atoms with van der Waals surface area (Å²) >= 11 is 0. The first-order chi connectivity index (χ1) is 19.8. The minimum absolute atomic E-state index is 0.00349. The number of fused-ring (bicyclic) bond motifs is 2. The summed E-state index contributed by atoms with van der Waals surface area (Å²) in [6.45, 7) is 8.37. The van der Waals surface area contributed by atoms with Crippen LogP contribution in [0.4, 0.5) is 33.6 Å². The predicted molar refractivity (Wildman–Crippen MR) is 159 cm³/mol. The molecule has 2 aromatic carbocycles. The predicted octanol–water partition coefficient (Wildman–Crippen LogP) is 3.71. The second kappa shape index (κ2) is 10.7. The van der Waals surface area contributed by atoms with Crippen LogP contribution < -0.4 is 20.0 Å². The van der Waals surface area contributed by atoms with Crippen molar-refractivity contribution in [3.8, 4) is 5.75 Å². The smallest absolute Gasteiger partial charge is 0.326 e. The highest BCUT2D eigenvalue weighted by Crippen LogP contribution is 2.44. The Morgan fingerprint density at radius 3 is 2.56 bits per heavy atom. The largest absolute Gasteiger partial charge is 0.506 e. The standard InChI is InChI=1S/C30H34N8O3/c1-4-26(40)37-13-12-24(23-6-5-7-25(39)27(23)37)38-19-20-18-31-29(33-28(20)35(3)30(38)41)32-21-8-10-22(11-9-21)36-16-14-34(2)15-17-36/h4-11,18,24,39H,1,12-17,19H2,2-3H3,(H,31,32,33)/t24-/m1/s1. The molecule has 3 aliphatic rings. The number of nitrogens with zero attached hydrogens (tertiary/aromatic N) is 7. The maximum absolute atomic E-state index is 13.6. The third kappa shape index (κ3) is 4.93. The highest BCUT2D eigenvalue weighted by Gasteiger charge is 2.39. The molecule has 0 spiro atoms. The molecule has 1 atom stereocenters. The van der Waals surface area contributed by atoms with Crippen LogP contribution in [0.3, 0.4) is 0 Å². The van der Waals surface area contributed by atoms with Crippen molar-refractivity contribution in [2.75, 3.05) is 66.8 Å². The van der Waals surface area contributed by atoms with E-state index in [0.29, 0.717) is 37.0 Å². The van der Waals surface area contributed by atoms with E-state index in [-0.39, 0.29) is 23.7 Å². The lowest BCUT2D eigenvalue weighted by Crippen LogP contribution is -2.49. The molecular formula is C30H34N8O3. The Balaban J connectivity index is 1.21. The quantitative estimate of drug-likeness (QED) is 0.460. The van der Waals surface area contributed by atoms with Crippen molar-refractivity contribution in [1.82, 2.24) is 19.8 Å². The molecule has 1 aromatic heterocycles. The number of likely N-dealkylation sites (N-methyl/N-ethyl adjacent to an activating group) is 1. The number of aromatic nitrogens is 2. The number of phenolic OH excluding ortho intramolecular Hbond substituents is 1. The van der Waals surface area contributed by atoms with E-state index in [9.17, 15) is 14.7 Å². The Labute approximate surface area is 239 Å². The number of anilines is 5. The summed E-state index contributed by atoms with van der Waals surface area (Å²) in [7, 11) is 3.85. The average Bonchev–Trinajstić information content (AvgIpc) is 2.99. The summed E-state index contributed by atoms with van der Waals surface area (Å²) in [4.78, 5) is 44.9.